The van der Waals surface area contributed by atoms with Crippen LogP contribution in [0.1, 0.15) is 0 Å². The second-order valence-corrected chi connectivity index (χ2v) is 3.31. The summed E-state index contributed by atoms with van der Waals surface area (Å²) in [6.45, 7) is -0.573. The third-order valence-electron chi connectivity index (χ3n) is 2.05. The molecule has 15 heavy (non-hydrogen) atoms. The van der Waals surface area contributed by atoms with Gasteiger partial charge in [0.15, 0.2) is 0 Å². The Labute approximate surface area is 86.8 Å². The molecule has 0 fully saturated rings. The van der Waals surface area contributed by atoms with Crippen LogP contribution in [0.25, 0.3) is 0 Å². The number of amides is 3. The first-order valence-electron chi connectivity index (χ1n) is 4.36. The van der Waals surface area contributed by atoms with Crippen LogP contribution in [0.5, 0.6) is 0 Å². The van der Waals surface area contributed by atoms with Gasteiger partial charge in [-0.2, -0.15) is 0 Å². The molecule has 0 aromatic carbocycles. The number of rotatable bonds is 3. The summed E-state index contributed by atoms with van der Waals surface area (Å²) < 4.78 is 0. The number of imide groups is 1. The van der Waals surface area contributed by atoms with Gasteiger partial charge in [0, 0.05) is 26.2 Å². The first-order chi connectivity index (χ1) is 6.99. The van der Waals surface area contributed by atoms with E-state index in [1.165, 1.54) is 19.0 Å². The Morgan fingerprint density at radius 1 is 1.40 bits per heavy atom. The van der Waals surface area contributed by atoms with Crippen molar-refractivity contribution in [1.82, 2.24) is 9.80 Å². The molecule has 0 saturated heterocycles. The molecule has 0 aliphatic carbocycles. The van der Waals surface area contributed by atoms with E-state index in [1.54, 1.807) is 0 Å². The van der Waals surface area contributed by atoms with Crippen molar-refractivity contribution in [2.24, 2.45) is 0 Å². The average Bonchev–Trinajstić information content (AvgIpc) is 2.50. The third kappa shape index (κ3) is 2.04. The minimum absolute atomic E-state index is 0.483. The van der Waals surface area contributed by atoms with Gasteiger partial charge >= 0.3 is 0 Å². The van der Waals surface area contributed by atoms with E-state index in [2.05, 4.69) is 0 Å². The molecule has 1 rings (SSSR count). The van der Waals surface area contributed by atoms with Crippen LogP contribution >= 0.6 is 0 Å². The lowest BCUT2D eigenvalue weighted by atomic mass is 10.2. The Kier molecular flexibility index (Phi) is 3.21. The Bertz CT molecular complexity index is 317. The second-order valence-electron chi connectivity index (χ2n) is 3.31. The van der Waals surface area contributed by atoms with Crippen molar-refractivity contribution >= 4 is 17.7 Å². The van der Waals surface area contributed by atoms with E-state index in [4.69, 9.17) is 5.11 Å². The fourth-order valence-electron chi connectivity index (χ4n) is 1.29. The van der Waals surface area contributed by atoms with Crippen molar-refractivity contribution in [3.8, 4) is 0 Å². The van der Waals surface area contributed by atoms with E-state index in [9.17, 15) is 14.4 Å². The topological polar surface area (TPSA) is 77.9 Å². The zero-order chi connectivity index (χ0) is 11.6. The van der Waals surface area contributed by atoms with Crippen molar-refractivity contribution in [2.45, 2.75) is 6.04 Å². The lowest BCUT2D eigenvalue weighted by Gasteiger charge is -2.25. The minimum atomic E-state index is -1.13. The molecule has 6 nitrogen and oxygen atoms in total. The second kappa shape index (κ2) is 4.22. The van der Waals surface area contributed by atoms with Crippen molar-refractivity contribution < 1.29 is 19.5 Å². The molecule has 1 heterocycles. The summed E-state index contributed by atoms with van der Waals surface area (Å²) in [5.74, 6) is -1.63. The predicted octanol–water partition coefficient (Wildman–Crippen LogP) is -1.64. The smallest absolute Gasteiger partial charge is 0.254 e. The van der Waals surface area contributed by atoms with Crippen LogP contribution < -0.4 is 0 Å². The van der Waals surface area contributed by atoms with Gasteiger partial charge in [0.1, 0.15) is 6.04 Å². The molecule has 1 N–H and O–H groups in total. The van der Waals surface area contributed by atoms with Gasteiger partial charge < -0.3 is 10.0 Å². The highest BCUT2D eigenvalue weighted by Gasteiger charge is 2.35. The Morgan fingerprint density at radius 3 is 2.20 bits per heavy atom. The van der Waals surface area contributed by atoms with E-state index < -0.39 is 30.4 Å². The number of aliphatic hydroxyl groups excluding tert-OH is 1. The number of nitrogens with zero attached hydrogens (tertiary/aromatic N) is 2. The summed E-state index contributed by atoms with van der Waals surface area (Å²) in [7, 11) is 2.98. The maximum Gasteiger partial charge on any atom is 0.254 e. The summed E-state index contributed by atoms with van der Waals surface area (Å²) >= 11 is 0. The van der Waals surface area contributed by atoms with E-state index in [-0.39, 0.29) is 0 Å². The molecule has 0 saturated carbocycles. The fraction of sp³-hybridized carbons (Fsp3) is 0.444. The van der Waals surface area contributed by atoms with Gasteiger partial charge in [0.05, 0.1) is 6.61 Å². The van der Waals surface area contributed by atoms with Crippen LogP contribution in [0, 0.1) is 0 Å². The zero-order valence-corrected chi connectivity index (χ0v) is 8.51. The van der Waals surface area contributed by atoms with Crippen molar-refractivity contribution in [2.75, 3.05) is 20.7 Å². The van der Waals surface area contributed by atoms with E-state index in [1.807, 2.05) is 0 Å². The van der Waals surface area contributed by atoms with Crippen LogP contribution in [0.3, 0.4) is 0 Å². The summed E-state index contributed by atoms with van der Waals surface area (Å²) in [4.78, 5) is 36.0. The number of carbonyl (C=O) groups is 3. The number of carbonyl (C=O) groups excluding carboxylic acids is 3. The molecule has 1 unspecified atom stereocenters. The standard InChI is InChI=1S/C9H12N2O4/c1-10(2)9(15)6(5-12)11-7(13)3-4-8(11)14/h3-4,6,12H,5H2,1-2H3. The highest BCUT2D eigenvalue weighted by Crippen LogP contribution is 2.10. The number of likely N-dealkylation sites (N-methyl/N-ethyl adjacent to an activating group) is 1. The van der Waals surface area contributed by atoms with Gasteiger partial charge in [-0.05, 0) is 0 Å². The van der Waals surface area contributed by atoms with Crippen molar-refractivity contribution in [1.29, 1.82) is 0 Å². The number of hydrogen-bond acceptors (Lipinski definition) is 4. The quantitative estimate of drug-likeness (QED) is 0.569. The van der Waals surface area contributed by atoms with Crippen LogP contribution in [0.2, 0.25) is 0 Å². The Balaban J connectivity index is 2.89. The van der Waals surface area contributed by atoms with Crippen LogP contribution in [0.4, 0.5) is 0 Å². The molecule has 0 radical (unpaired) electrons. The average molecular weight is 212 g/mol. The molecule has 0 aromatic rings. The van der Waals surface area contributed by atoms with Crippen LogP contribution in [0.15, 0.2) is 12.2 Å². The first-order valence-corrected chi connectivity index (χ1v) is 4.36. The summed E-state index contributed by atoms with van der Waals surface area (Å²) in [6, 6.07) is -1.13. The lowest BCUT2D eigenvalue weighted by Crippen LogP contribution is -2.51. The number of aliphatic hydroxyl groups is 1. The maximum absolute atomic E-state index is 11.5. The highest BCUT2D eigenvalue weighted by molar-refractivity contribution is 6.15. The summed E-state index contributed by atoms with van der Waals surface area (Å²) in [6.07, 6.45) is 2.15. The van der Waals surface area contributed by atoms with Crippen LogP contribution in [-0.2, 0) is 14.4 Å². The number of hydrogen-bond donors (Lipinski definition) is 1. The molecule has 1 aliphatic heterocycles. The van der Waals surface area contributed by atoms with Crippen molar-refractivity contribution in [3.63, 3.8) is 0 Å². The molecule has 3 amide bonds. The largest absolute Gasteiger partial charge is 0.394 e. The molecular weight excluding hydrogens is 200 g/mol. The highest BCUT2D eigenvalue weighted by atomic mass is 16.3. The molecule has 0 aromatic heterocycles. The molecule has 0 bridgehead atoms. The molecule has 1 atom stereocenters. The molecule has 0 spiro atoms. The van der Waals surface area contributed by atoms with Crippen LogP contribution in [-0.4, -0.2) is 59.4 Å². The lowest BCUT2D eigenvalue weighted by molar-refractivity contribution is -0.150. The van der Waals surface area contributed by atoms with E-state index in [0.29, 0.717) is 0 Å². The predicted molar refractivity (Wildman–Crippen MR) is 50.6 cm³/mol. The first kappa shape index (κ1) is 11.4. The Morgan fingerprint density at radius 2 is 1.87 bits per heavy atom. The summed E-state index contributed by atoms with van der Waals surface area (Å²) in [5.41, 5.74) is 0. The fourth-order valence-corrected chi connectivity index (χ4v) is 1.29. The zero-order valence-electron chi connectivity index (χ0n) is 8.51. The van der Waals surface area contributed by atoms with Gasteiger partial charge in [-0.25, -0.2) is 0 Å². The molecule has 82 valence electrons. The van der Waals surface area contributed by atoms with Gasteiger partial charge in [-0.3, -0.25) is 19.3 Å². The van der Waals surface area contributed by atoms with Gasteiger partial charge in [0.2, 0.25) is 5.91 Å². The van der Waals surface area contributed by atoms with E-state index >= 15 is 0 Å². The monoisotopic (exact) mass is 212 g/mol. The summed E-state index contributed by atoms with van der Waals surface area (Å²) in [5, 5.41) is 9.02. The minimum Gasteiger partial charge on any atom is -0.394 e. The molecular formula is C9H12N2O4. The normalized spacial score (nSPS) is 17.1. The SMILES string of the molecule is CN(C)C(=O)C(CO)N1C(=O)C=CC1=O. The third-order valence-corrected chi connectivity index (χ3v) is 2.05. The molecule has 6 heteroatoms. The van der Waals surface area contributed by atoms with E-state index in [0.717, 1.165) is 17.1 Å². The molecule has 1 aliphatic rings. The van der Waals surface area contributed by atoms with Crippen molar-refractivity contribution in [3.05, 3.63) is 12.2 Å². The van der Waals surface area contributed by atoms with Gasteiger partial charge in [-0.1, -0.05) is 0 Å². The Hall–Kier alpha value is -1.69. The van der Waals surface area contributed by atoms with Gasteiger partial charge in [-0.15, -0.1) is 0 Å². The maximum atomic E-state index is 11.5. The van der Waals surface area contributed by atoms with Gasteiger partial charge in [0.25, 0.3) is 11.8 Å².